The van der Waals surface area contributed by atoms with E-state index in [1.54, 1.807) is 0 Å². The van der Waals surface area contributed by atoms with Crippen molar-refractivity contribution in [2.24, 2.45) is 0 Å². The minimum Gasteiger partial charge on any atom is -0.464 e. The van der Waals surface area contributed by atoms with Crippen molar-refractivity contribution in [3.05, 3.63) is 29.7 Å². The molecule has 0 radical (unpaired) electrons. The molecule has 4 N–H and O–H groups in total. The zero-order valence-electron chi connectivity index (χ0n) is 12.1. The number of rotatable bonds is 6. The van der Waals surface area contributed by atoms with Gasteiger partial charge in [-0.3, -0.25) is 0 Å². The van der Waals surface area contributed by atoms with Crippen LogP contribution in [0.2, 0.25) is 0 Å². The summed E-state index contributed by atoms with van der Waals surface area (Å²) >= 11 is 0. The van der Waals surface area contributed by atoms with Gasteiger partial charge in [0.25, 0.3) is 0 Å². The average Bonchev–Trinajstić information content (AvgIpc) is 2.82. The van der Waals surface area contributed by atoms with Crippen molar-refractivity contribution >= 4 is 17.6 Å². The fourth-order valence-corrected chi connectivity index (χ4v) is 1.86. The number of nitrogen functional groups attached to an aromatic ring is 1. The molecule has 6 nitrogen and oxygen atoms in total. The first-order chi connectivity index (χ1) is 9.58. The summed E-state index contributed by atoms with van der Waals surface area (Å²) < 4.78 is 5.59. The van der Waals surface area contributed by atoms with E-state index in [-0.39, 0.29) is 12.0 Å². The van der Waals surface area contributed by atoms with Gasteiger partial charge in [-0.25, -0.2) is 0 Å². The van der Waals surface area contributed by atoms with Crippen LogP contribution < -0.4 is 16.4 Å². The number of aryl methyl sites for hydroxylation is 1. The maximum absolute atomic E-state index is 5.72. The zero-order valence-corrected chi connectivity index (χ0v) is 12.1. The van der Waals surface area contributed by atoms with Gasteiger partial charge in [0.2, 0.25) is 5.95 Å². The van der Waals surface area contributed by atoms with E-state index in [9.17, 15) is 0 Å². The van der Waals surface area contributed by atoms with Gasteiger partial charge >= 0.3 is 0 Å². The molecule has 0 amide bonds. The Morgan fingerprint density at radius 3 is 2.70 bits per heavy atom. The predicted octanol–water partition coefficient (Wildman–Crippen LogP) is 2.96. The van der Waals surface area contributed by atoms with Crippen molar-refractivity contribution in [3.63, 3.8) is 0 Å². The zero-order chi connectivity index (χ0) is 14.5. The Hall–Kier alpha value is -2.24. The highest BCUT2D eigenvalue weighted by atomic mass is 16.3. The summed E-state index contributed by atoms with van der Waals surface area (Å²) in [6.07, 6.45) is 1.02. The molecule has 1 atom stereocenters. The third-order valence-electron chi connectivity index (χ3n) is 2.85. The summed E-state index contributed by atoms with van der Waals surface area (Å²) in [4.78, 5) is 8.34. The molecule has 0 fully saturated rings. The minimum atomic E-state index is 0.0111. The van der Waals surface area contributed by atoms with Crippen LogP contribution in [0.5, 0.6) is 0 Å². The van der Waals surface area contributed by atoms with E-state index in [0.717, 1.165) is 30.3 Å². The SMILES string of the molecule is CCCNc1cc(NC(C)c2ccc(C)o2)nc(N)n1. The molecule has 2 rings (SSSR count). The lowest BCUT2D eigenvalue weighted by Gasteiger charge is -2.13. The van der Waals surface area contributed by atoms with Crippen molar-refractivity contribution < 1.29 is 4.42 Å². The molecule has 0 bridgehead atoms. The largest absolute Gasteiger partial charge is 0.464 e. The first kappa shape index (κ1) is 14.2. The highest BCUT2D eigenvalue weighted by Gasteiger charge is 2.11. The summed E-state index contributed by atoms with van der Waals surface area (Å²) in [6.45, 7) is 6.88. The molecular formula is C14H21N5O. The third-order valence-corrected chi connectivity index (χ3v) is 2.85. The molecule has 2 heterocycles. The molecule has 0 spiro atoms. The van der Waals surface area contributed by atoms with E-state index in [0.29, 0.717) is 5.82 Å². The second-order valence-electron chi connectivity index (χ2n) is 4.74. The van der Waals surface area contributed by atoms with Crippen LogP contribution >= 0.6 is 0 Å². The molecule has 0 aromatic carbocycles. The molecule has 2 aromatic heterocycles. The quantitative estimate of drug-likeness (QED) is 0.751. The Morgan fingerprint density at radius 2 is 2.05 bits per heavy atom. The third kappa shape index (κ3) is 3.63. The topological polar surface area (TPSA) is 89.0 Å². The predicted molar refractivity (Wildman–Crippen MR) is 80.7 cm³/mol. The Balaban J connectivity index is 2.10. The Bertz CT molecular complexity index is 566. The monoisotopic (exact) mass is 275 g/mol. The standard InChI is InChI=1S/C14H21N5O/c1-4-7-16-12-8-13(19-14(15)18-12)17-10(3)11-6-5-9(2)20-11/h5-6,8,10H,4,7H2,1-3H3,(H4,15,16,17,18,19). The van der Waals surface area contributed by atoms with Crippen molar-refractivity contribution in [2.45, 2.75) is 33.2 Å². The summed E-state index contributed by atoms with van der Waals surface area (Å²) in [5, 5.41) is 6.46. The molecule has 0 aliphatic rings. The minimum absolute atomic E-state index is 0.0111. The Morgan fingerprint density at radius 1 is 1.30 bits per heavy atom. The van der Waals surface area contributed by atoms with E-state index < -0.39 is 0 Å². The van der Waals surface area contributed by atoms with Gasteiger partial charge in [-0.1, -0.05) is 6.92 Å². The van der Waals surface area contributed by atoms with E-state index in [1.165, 1.54) is 0 Å². The second-order valence-corrected chi connectivity index (χ2v) is 4.74. The Labute approximate surface area is 118 Å². The summed E-state index contributed by atoms with van der Waals surface area (Å²) in [5.41, 5.74) is 5.72. The van der Waals surface area contributed by atoms with E-state index in [2.05, 4.69) is 27.5 Å². The van der Waals surface area contributed by atoms with Gasteiger partial charge in [-0.2, -0.15) is 9.97 Å². The number of hydrogen-bond acceptors (Lipinski definition) is 6. The number of anilines is 3. The highest BCUT2D eigenvalue weighted by molar-refractivity contribution is 5.51. The van der Waals surface area contributed by atoms with Crippen molar-refractivity contribution in [2.75, 3.05) is 22.9 Å². The van der Waals surface area contributed by atoms with Crippen LogP contribution in [0.4, 0.5) is 17.6 Å². The lowest BCUT2D eigenvalue weighted by molar-refractivity contribution is 0.466. The lowest BCUT2D eigenvalue weighted by atomic mass is 10.2. The highest BCUT2D eigenvalue weighted by Crippen LogP contribution is 2.21. The van der Waals surface area contributed by atoms with Crippen molar-refractivity contribution in [3.8, 4) is 0 Å². The van der Waals surface area contributed by atoms with Gasteiger partial charge in [-0.15, -0.1) is 0 Å². The number of furan rings is 1. The van der Waals surface area contributed by atoms with E-state index in [4.69, 9.17) is 10.2 Å². The number of aromatic nitrogens is 2. The molecular weight excluding hydrogens is 254 g/mol. The van der Waals surface area contributed by atoms with Crippen LogP contribution in [0.25, 0.3) is 0 Å². The lowest BCUT2D eigenvalue weighted by Crippen LogP contribution is -2.11. The second kappa shape index (κ2) is 6.27. The van der Waals surface area contributed by atoms with Crippen LogP contribution in [0, 0.1) is 6.92 Å². The molecule has 0 aliphatic carbocycles. The van der Waals surface area contributed by atoms with Crippen LogP contribution in [0.15, 0.2) is 22.6 Å². The molecule has 1 unspecified atom stereocenters. The smallest absolute Gasteiger partial charge is 0.223 e. The van der Waals surface area contributed by atoms with Gasteiger partial charge < -0.3 is 20.8 Å². The normalized spacial score (nSPS) is 12.2. The maximum atomic E-state index is 5.72. The summed E-state index contributed by atoms with van der Waals surface area (Å²) in [5.74, 6) is 3.41. The molecule has 6 heteroatoms. The first-order valence-electron chi connectivity index (χ1n) is 6.79. The fraction of sp³-hybridized carbons (Fsp3) is 0.429. The Kier molecular flexibility index (Phi) is 4.45. The van der Waals surface area contributed by atoms with Gasteiger partial charge in [0.1, 0.15) is 23.2 Å². The summed E-state index contributed by atoms with van der Waals surface area (Å²) in [6, 6.07) is 5.75. The van der Waals surface area contributed by atoms with E-state index >= 15 is 0 Å². The van der Waals surface area contributed by atoms with E-state index in [1.807, 2.05) is 32.0 Å². The van der Waals surface area contributed by atoms with Crippen LogP contribution in [0.3, 0.4) is 0 Å². The van der Waals surface area contributed by atoms with Crippen LogP contribution in [0.1, 0.15) is 37.8 Å². The molecule has 20 heavy (non-hydrogen) atoms. The number of hydrogen-bond donors (Lipinski definition) is 3. The average molecular weight is 275 g/mol. The van der Waals surface area contributed by atoms with Gasteiger partial charge in [0, 0.05) is 12.6 Å². The van der Waals surface area contributed by atoms with Gasteiger partial charge in [-0.05, 0) is 32.4 Å². The van der Waals surface area contributed by atoms with Crippen molar-refractivity contribution in [1.29, 1.82) is 0 Å². The number of nitrogens with one attached hydrogen (secondary N) is 2. The van der Waals surface area contributed by atoms with Crippen LogP contribution in [-0.2, 0) is 0 Å². The number of nitrogens with two attached hydrogens (primary N) is 1. The molecule has 0 saturated heterocycles. The fourth-order valence-electron chi connectivity index (χ4n) is 1.86. The molecule has 0 saturated carbocycles. The molecule has 2 aromatic rings. The van der Waals surface area contributed by atoms with Gasteiger partial charge in [0.15, 0.2) is 0 Å². The summed E-state index contributed by atoms with van der Waals surface area (Å²) in [7, 11) is 0. The molecule has 108 valence electrons. The maximum Gasteiger partial charge on any atom is 0.223 e. The number of nitrogens with zero attached hydrogens (tertiary/aromatic N) is 2. The molecule has 0 aliphatic heterocycles. The van der Waals surface area contributed by atoms with Crippen molar-refractivity contribution in [1.82, 2.24) is 9.97 Å². The van der Waals surface area contributed by atoms with Crippen LogP contribution in [-0.4, -0.2) is 16.5 Å². The first-order valence-corrected chi connectivity index (χ1v) is 6.79. The van der Waals surface area contributed by atoms with Gasteiger partial charge in [0.05, 0.1) is 6.04 Å².